The summed E-state index contributed by atoms with van der Waals surface area (Å²) in [4.78, 5) is 25.6. The molecule has 0 radical (unpaired) electrons. The van der Waals surface area contributed by atoms with Gasteiger partial charge >= 0.3 is 0 Å². The van der Waals surface area contributed by atoms with Crippen molar-refractivity contribution in [1.29, 1.82) is 0 Å². The fourth-order valence-electron chi connectivity index (χ4n) is 3.48. The largest absolute Gasteiger partial charge is 0.508 e. The van der Waals surface area contributed by atoms with Gasteiger partial charge in [0.2, 0.25) is 0 Å². The number of rotatable bonds is 10. The zero-order valence-corrected chi connectivity index (χ0v) is 17.1. The molecule has 0 aromatic carbocycles. The van der Waals surface area contributed by atoms with Crippen molar-refractivity contribution in [2.24, 2.45) is 23.7 Å². The lowest BCUT2D eigenvalue weighted by Gasteiger charge is -2.34. The molecule has 0 bridgehead atoms. The van der Waals surface area contributed by atoms with Crippen LogP contribution in [0.3, 0.4) is 0 Å². The summed E-state index contributed by atoms with van der Waals surface area (Å²) >= 11 is 0. The van der Waals surface area contributed by atoms with Gasteiger partial charge in [-0.25, -0.2) is 0 Å². The molecule has 0 aromatic heterocycles. The fourth-order valence-corrected chi connectivity index (χ4v) is 3.48. The average Bonchev–Trinajstić information content (AvgIpc) is 2.76. The van der Waals surface area contributed by atoms with Crippen molar-refractivity contribution in [3.8, 4) is 0 Å². The second kappa shape index (κ2) is 9.14. The van der Waals surface area contributed by atoms with Crippen LogP contribution in [0.15, 0.2) is 11.3 Å². The average molecular weight is 369 g/mol. The van der Waals surface area contributed by atoms with E-state index in [2.05, 4.69) is 0 Å². The van der Waals surface area contributed by atoms with Crippen LogP contribution in [0.1, 0.15) is 73.6 Å². The minimum atomic E-state index is -2.07. The van der Waals surface area contributed by atoms with Crippen LogP contribution in [0.5, 0.6) is 0 Å². The maximum Gasteiger partial charge on any atom is 0.176 e. The number of aliphatic hydroxyl groups excluding tert-OH is 2. The van der Waals surface area contributed by atoms with Crippen LogP contribution in [0.25, 0.3) is 0 Å². The molecule has 0 amide bonds. The maximum atomic E-state index is 12.9. The van der Waals surface area contributed by atoms with Crippen LogP contribution < -0.4 is 0 Å². The van der Waals surface area contributed by atoms with E-state index >= 15 is 0 Å². The van der Waals surface area contributed by atoms with Gasteiger partial charge < -0.3 is 15.3 Å². The smallest absolute Gasteiger partial charge is 0.176 e. The van der Waals surface area contributed by atoms with Gasteiger partial charge in [0.1, 0.15) is 11.3 Å². The molecule has 3 N–H and O–H groups in total. The Kier molecular flexibility index (Phi) is 8.03. The zero-order valence-electron chi connectivity index (χ0n) is 17.1. The Hall–Kier alpha value is -1.20. The lowest BCUT2D eigenvalue weighted by molar-refractivity contribution is -0.137. The second-order valence-corrected chi connectivity index (χ2v) is 8.60. The van der Waals surface area contributed by atoms with Crippen molar-refractivity contribution in [3.05, 3.63) is 11.3 Å². The van der Waals surface area contributed by atoms with Crippen LogP contribution in [0.4, 0.5) is 0 Å². The van der Waals surface area contributed by atoms with E-state index in [0.29, 0.717) is 37.5 Å². The monoisotopic (exact) mass is 368 g/mol. The Labute approximate surface area is 157 Å². The molecule has 0 aromatic rings. The summed E-state index contributed by atoms with van der Waals surface area (Å²) in [5, 5.41) is 32.6. The number of carbonyl (C=O) groups is 2. The Morgan fingerprint density at radius 1 is 1.08 bits per heavy atom. The molecule has 0 spiro atoms. The Morgan fingerprint density at radius 3 is 2.08 bits per heavy atom. The molecule has 0 fully saturated rings. The van der Waals surface area contributed by atoms with E-state index < -0.39 is 40.9 Å². The van der Waals surface area contributed by atoms with Gasteiger partial charge in [-0.1, -0.05) is 48.0 Å². The van der Waals surface area contributed by atoms with E-state index in [1.807, 2.05) is 34.6 Å². The number of aliphatic hydroxyl groups is 3. The summed E-state index contributed by atoms with van der Waals surface area (Å²) in [6.07, 6.45) is 1.15. The molecule has 150 valence electrons. The van der Waals surface area contributed by atoms with Gasteiger partial charge in [-0.3, -0.25) is 9.59 Å². The van der Waals surface area contributed by atoms with Crippen LogP contribution >= 0.6 is 0 Å². The molecule has 0 heterocycles. The van der Waals surface area contributed by atoms with Crippen molar-refractivity contribution in [2.75, 3.05) is 0 Å². The first kappa shape index (κ1) is 22.8. The third-order valence-corrected chi connectivity index (χ3v) is 5.57. The van der Waals surface area contributed by atoms with Gasteiger partial charge in [0.05, 0.1) is 12.0 Å². The third-order valence-electron chi connectivity index (χ3n) is 5.57. The lowest BCUT2D eigenvalue weighted by Crippen LogP contribution is -2.49. The molecule has 1 rings (SSSR count). The van der Waals surface area contributed by atoms with Crippen LogP contribution in [0.2, 0.25) is 0 Å². The molecule has 1 aliphatic rings. The lowest BCUT2D eigenvalue weighted by atomic mass is 9.78. The van der Waals surface area contributed by atoms with Gasteiger partial charge in [0.25, 0.3) is 0 Å². The molecule has 1 unspecified atom stereocenters. The summed E-state index contributed by atoms with van der Waals surface area (Å²) in [5.74, 6) is -2.39. The van der Waals surface area contributed by atoms with E-state index in [0.717, 1.165) is 0 Å². The highest BCUT2D eigenvalue weighted by Gasteiger charge is 2.58. The summed E-state index contributed by atoms with van der Waals surface area (Å²) in [6.45, 7) is 11.5. The number of ketones is 2. The molecule has 5 heteroatoms. The SMILES string of the molecule is CCC(C)C(=O)C1=C(O)[C@](O)([C@@H](O)CCC(C)C)[C@@H](CCC(C)C)C1=O. The normalized spacial score (nSPS) is 26.1. The number of hydrogen-bond acceptors (Lipinski definition) is 5. The molecular formula is C21H36O5. The number of hydrogen-bond donors (Lipinski definition) is 3. The number of carbonyl (C=O) groups excluding carboxylic acids is 2. The van der Waals surface area contributed by atoms with E-state index in [4.69, 9.17) is 0 Å². The van der Waals surface area contributed by atoms with Gasteiger partial charge in [0, 0.05) is 5.92 Å². The predicted octanol–water partition coefficient (Wildman–Crippen LogP) is 3.58. The molecule has 4 atom stereocenters. The van der Waals surface area contributed by atoms with Crippen molar-refractivity contribution >= 4 is 11.6 Å². The number of allylic oxidation sites excluding steroid dienone is 1. The Balaban J connectivity index is 3.29. The molecular weight excluding hydrogens is 332 g/mol. The highest BCUT2D eigenvalue weighted by molar-refractivity contribution is 6.24. The molecule has 0 saturated carbocycles. The topological polar surface area (TPSA) is 94.8 Å². The minimum absolute atomic E-state index is 0.258. The Morgan fingerprint density at radius 2 is 1.62 bits per heavy atom. The molecule has 0 saturated heterocycles. The predicted molar refractivity (Wildman–Crippen MR) is 102 cm³/mol. The van der Waals surface area contributed by atoms with E-state index in [-0.39, 0.29) is 12.0 Å². The first-order chi connectivity index (χ1) is 12.0. The van der Waals surface area contributed by atoms with Gasteiger partial charge in [-0.2, -0.15) is 0 Å². The minimum Gasteiger partial charge on any atom is -0.508 e. The van der Waals surface area contributed by atoms with Crippen molar-refractivity contribution in [1.82, 2.24) is 0 Å². The third kappa shape index (κ3) is 4.55. The number of Topliss-reactive ketones (excluding diaryl/α,β-unsaturated/α-hetero) is 2. The van der Waals surface area contributed by atoms with Crippen LogP contribution in [-0.2, 0) is 9.59 Å². The summed E-state index contributed by atoms with van der Waals surface area (Å²) in [5.41, 5.74) is -2.38. The molecule has 5 nitrogen and oxygen atoms in total. The highest BCUT2D eigenvalue weighted by atomic mass is 16.4. The van der Waals surface area contributed by atoms with Gasteiger partial charge in [-0.15, -0.1) is 0 Å². The first-order valence-electron chi connectivity index (χ1n) is 9.90. The maximum absolute atomic E-state index is 12.9. The van der Waals surface area contributed by atoms with Crippen molar-refractivity contribution in [3.63, 3.8) is 0 Å². The van der Waals surface area contributed by atoms with Crippen LogP contribution in [-0.4, -0.2) is 38.6 Å². The van der Waals surface area contributed by atoms with E-state index in [1.54, 1.807) is 6.92 Å². The van der Waals surface area contributed by atoms with Crippen molar-refractivity contribution < 1.29 is 24.9 Å². The summed E-state index contributed by atoms with van der Waals surface area (Å²) in [6, 6.07) is 0. The second-order valence-electron chi connectivity index (χ2n) is 8.60. The highest BCUT2D eigenvalue weighted by Crippen LogP contribution is 2.44. The van der Waals surface area contributed by atoms with E-state index in [9.17, 15) is 24.9 Å². The van der Waals surface area contributed by atoms with Gasteiger partial charge in [-0.05, 0) is 37.5 Å². The van der Waals surface area contributed by atoms with E-state index in [1.165, 1.54) is 0 Å². The Bertz CT molecular complexity index is 549. The fraction of sp³-hybridized carbons (Fsp3) is 0.810. The van der Waals surface area contributed by atoms with Crippen LogP contribution in [0, 0.1) is 23.7 Å². The zero-order chi connectivity index (χ0) is 20.2. The molecule has 0 aliphatic heterocycles. The quantitative estimate of drug-likeness (QED) is 0.512. The van der Waals surface area contributed by atoms with Crippen molar-refractivity contribution in [2.45, 2.75) is 85.4 Å². The van der Waals surface area contributed by atoms with Gasteiger partial charge in [0.15, 0.2) is 17.2 Å². The first-order valence-corrected chi connectivity index (χ1v) is 9.90. The summed E-state index contributed by atoms with van der Waals surface area (Å²) < 4.78 is 0. The summed E-state index contributed by atoms with van der Waals surface area (Å²) in [7, 11) is 0. The standard InChI is InChI=1S/C21H36O5/c1-7-14(6)18(23)17-19(24)15(10-8-12(2)3)21(26,20(17)25)16(22)11-9-13(4)5/h12-16,22,25-26H,7-11H2,1-6H3/t14?,15-,16-,21+/m0/s1. The molecule has 26 heavy (non-hydrogen) atoms. The molecule has 1 aliphatic carbocycles.